The standard InChI is InChI=1S/C18H12F4N4O/c19-14-3-2-10(6-15(14)27-18(20,21)22)12-7-13(12)11-8-25-17(26-9-11)16-23-4-1-5-24-16/h1-6,8-9,12-13H,7H2. The van der Waals surface area contributed by atoms with Crippen molar-refractivity contribution in [2.75, 3.05) is 0 Å². The largest absolute Gasteiger partial charge is 0.573 e. The first kappa shape index (κ1) is 17.3. The molecule has 9 heteroatoms. The summed E-state index contributed by atoms with van der Waals surface area (Å²) in [7, 11) is 0. The fourth-order valence-electron chi connectivity index (χ4n) is 2.94. The predicted octanol–water partition coefficient (Wildman–Crippen LogP) is 4.24. The van der Waals surface area contributed by atoms with Crippen molar-refractivity contribution in [1.29, 1.82) is 0 Å². The van der Waals surface area contributed by atoms with Gasteiger partial charge in [0.15, 0.2) is 23.2 Å². The summed E-state index contributed by atoms with van der Waals surface area (Å²) >= 11 is 0. The Balaban J connectivity index is 1.50. The summed E-state index contributed by atoms with van der Waals surface area (Å²) in [6.07, 6.45) is 2.25. The highest BCUT2D eigenvalue weighted by Gasteiger charge is 2.41. The van der Waals surface area contributed by atoms with E-state index in [1.165, 1.54) is 6.07 Å². The Labute approximate surface area is 151 Å². The first-order valence-electron chi connectivity index (χ1n) is 8.05. The van der Waals surface area contributed by atoms with Gasteiger partial charge in [-0.2, -0.15) is 0 Å². The second kappa shape index (κ2) is 6.57. The minimum atomic E-state index is -4.94. The summed E-state index contributed by atoms with van der Waals surface area (Å²) in [4.78, 5) is 16.6. The lowest BCUT2D eigenvalue weighted by molar-refractivity contribution is -0.275. The number of aromatic nitrogens is 4. The molecule has 3 aromatic rings. The maximum atomic E-state index is 13.6. The number of nitrogens with zero attached hydrogens (tertiary/aromatic N) is 4. The molecule has 2 heterocycles. The average Bonchev–Trinajstić information content (AvgIpc) is 3.44. The number of hydrogen-bond donors (Lipinski definition) is 0. The van der Waals surface area contributed by atoms with E-state index >= 15 is 0 Å². The smallest absolute Gasteiger partial charge is 0.403 e. The Morgan fingerprint density at radius 1 is 0.889 bits per heavy atom. The molecule has 5 nitrogen and oxygen atoms in total. The molecule has 138 valence electrons. The fraction of sp³-hybridized carbons (Fsp3) is 0.222. The molecule has 1 aromatic carbocycles. The lowest BCUT2D eigenvalue weighted by Gasteiger charge is -2.11. The molecular weight excluding hydrogens is 364 g/mol. The van der Waals surface area contributed by atoms with Crippen LogP contribution in [0.3, 0.4) is 0 Å². The molecular formula is C18H12F4N4O. The zero-order valence-electron chi connectivity index (χ0n) is 13.7. The van der Waals surface area contributed by atoms with E-state index in [1.54, 1.807) is 30.9 Å². The topological polar surface area (TPSA) is 60.8 Å². The van der Waals surface area contributed by atoms with Crippen LogP contribution in [0.5, 0.6) is 5.75 Å². The second-order valence-corrected chi connectivity index (χ2v) is 6.10. The van der Waals surface area contributed by atoms with E-state index in [0.717, 1.165) is 17.7 Å². The van der Waals surface area contributed by atoms with Crippen molar-refractivity contribution in [2.45, 2.75) is 24.6 Å². The van der Waals surface area contributed by atoms with E-state index < -0.39 is 17.9 Å². The molecule has 1 aliphatic rings. The molecule has 1 fully saturated rings. The van der Waals surface area contributed by atoms with Crippen LogP contribution in [0.25, 0.3) is 11.6 Å². The molecule has 0 aliphatic heterocycles. The normalized spacial score (nSPS) is 19.0. The molecule has 2 aromatic heterocycles. The number of halogens is 4. The first-order valence-corrected chi connectivity index (χ1v) is 8.05. The number of ether oxygens (including phenoxy) is 1. The molecule has 0 saturated heterocycles. The van der Waals surface area contributed by atoms with Crippen molar-refractivity contribution in [3.05, 3.63) is 66.0 Å². The average molecular weight is 376 g/mol. The zero-order valence-corrected chi connectivity index (χ0v) is 13.7. The van der Waals surface area contributed by atoms with Crippen LogP contribution < -0.4 is 4.74 Å². The highest BCUT2D eigenvalue weighted by Crippen LogP contribution is 2.55. The van der Waals surface area contributed by atoms with Crippen molar-refractivity contribution in [3.8, 4) is 17.4 Å². The van der Waals surface area contributed by atoms with Gasteiger partial charge in [-0.3, -0.25) is 0 Å². The third-order valence-corrected chi connectivity index (χ3v) is 4.27. The van der Waals surface area contributed by atoms with Crippen LogP contribution in [0.15, 0.2) is 49.1 Å². The van der Waals surface area contributed by atoms with Crippen LogP contribution in [0, 0.1) is 5.82 Å². The number of hydrogen-bond acceptors (Lipinski definition) is 5. The molecule has 4 rings (SSSR count). The number of benzene rings is 1. The van der Waals surface area contributed by atoms with Crippen molar-refractivity contribution in [2.24, 2.45) is 0 Å². The van der Waals surface area contributed by atoms with Gasteiger partial charge >= 0.3 is 6.36 Å². The summed E-state index contributed by atoms with van der Waals surface area (Å²) in [5.41, 5.74) is 1.43. The quantitative estimate of drug-likeness (QED) is 0.638. The maximum absolute atomic E-state index is 13.6. The van der Waals surface area contributed by atoms with Crippen LogP contribution in [-0.4, -0.2) is 26.3 Å². The minimum Gasteiger partial charge on any atom is -0.403 e. The van der Waals surface area contributed by atoms with Gasteiger partial charge in [-0.1, -0.05) is 6.07 Å². The predicted molar refractivity (Wildman–Crippen MR) is 86.2 cm³/mol. The van der Waals surface area contributed by atoms with Gasteiger partial charge in [-0.15, -0.1) is 13.2 Å². The Hall–Kier alpha value is -3.10. The molecule has 2 unspecified atom stereocenters. The summed E-state index contributed by atoms with van der Waals surface area (Å²) in [6, 6.07) is 5.24. The van der Waals surface area contributed by atoms with Crippen LogP contribution in [0.1, 0.15) is 29.4 Å². The van der Waals surface area contributed by atoms with Crippen LogP contribution >= 0.6 is 0 Å². The summed E-state index contributed by atoms with van der Waals surface area (Å²) in [6.45, 7) is 0. The van der Waals surface area contributed by atoms with E-state index in [1.807, 2.05) is 0 Å². The molecule has 0 N–H and O–H groups in total. The lowest BCUT2D eigenvalue weighted by Crippen LogP contribution is -2.18. The fourth-order valence-corrected chi connectivity index (χ4v) is 2.94. The van der Waals surface area contributed by atoms with Gasteiger partial charge in [0.05, 0.1) is 0 Å². The molecule has 1 aliphatic carbocycles. The SMILES string of the molecule is Fc1ccc(C2CC2c2cnc(-c3ncccn3)nc2)cc1OC(F)(F)F. The van der Waals surface area contributed by atoms with Gasteiger partial charge in [-0.25, -0.2) is 24.3 Å². The zero-order chi connectivity index (χ0) is 19.0. The second-order valence-electron chi connectivity index (χ2n) is 6.10. The molecule has 0 radical (unpaired) electrons. The summed E-state index contributed by atoms with van der Waals surface area (Å²) in [5.74, 6) is -1.06. The van der Waals surface area contributed by atoms with Gasteiger partial charge in [-0.05, 0) is 47.6 Å². The molecule has 0 bridgehead atoms. The monoisotopic (exact) mass is 376 g/mol. The Morgan fingerprint density at radius 2 is 1.52 bits per heavy atom. The third-order valence-electron chi connectivity index (χ3n) is 4.27. The van der Waals surface area contributed by atoms with Crippen molar-refractivity contribution in [3.63, 3.8) is 0 Å². The number of alkyl halides is 3. The lowest BCUT2D eigenvalue weighted by atomic mass is 10.1. The van der Waals surface area contributed by atoms with Crippen LogP contribution in [0.2, 0.25) is 0 Å². The Bertz CT molecular complexity index is 948. The molecule has 27 heavy (non-hydrogen) atoms. The molecule has 0 amide bonds. The van der Waals surface area contributed by atoms with Gasteiger partial charge < -0.3 is 4.74 Å². The maximum Gasteiger partial charge on any atom is 0.573 e. The first-order chi connectivity index (χ1) is 12.9. The van der Waals surface area contributed by atoms with Crippen molar-refractivity contribution in [1.82, 2.24) is 19.9 Å². The Morgan fingerprint density at radius 3 is 2.19 bits per heavy atom. The van der Waals surface area contributed by atoms with E-state index in [4.69, 9.17) is 0 Å². The highest BCUT2D eigenvalue weighted by molar-refractivity contribution is 5.44. The molecule has 2 atom stereocenters. The van der Waals surface area contributed by atoms with E-state index in [9.17, 15) is 17.6 Å². The van der Waals surface area contributed by atoms with E-state index in [-0.39, 0.29) is 11.8 Å². The summed E-state index contributed by atoms with van der Waals surface area (Å²) in [5, 5.41) is 0. The van der Waals surface area contributed by atoms with E-state index in [2.05, 4.69) is 24.7 Å². The van der Waals surface area contributed by atoms with Gasteiger partial charge in [0, 0.05) is 24.8 Å². The van der Waals surface area contributed by atoms with Gasteiger partial charge in [0.25, 0.3) is 0 Å². The van der Waals surface area contributed by atoms with Crippen molar-refractivity contribution < 1.29 is 22.3 Å². The van der Waals surface area contributed by atoms with Crippen LogP contribution in [-0.2, 0) is 0 Å². The van der Waals surface area contributed by atoms with Gasteiger partial charge in [0.1, 0.15) is 0 Å². The summed E-state index contributed by atoms with van der Waals surface area (Å²) < 4.78 is 54.4. The van der Waals surface area contributed by atoms with Crippen molar-refractivity contribution >= 4 is 0 Å². The molecule has 0 spiro atoms. The van der Waals surface area contributed by atoms with Crippen LogP contribution in [0.4, 0.5) is 17.6 Å². The Kier molecular flexibility index (Phi) is 4.21. The van der Waals surface area contributed by atoms with Gasteiger partial charge in [0.2, 0.25) is 0 Å². The minimum absolute atomic E-state index is 0.0383. The third kappa shape index (κ3) is 3.86. The molecule has 1 saturated carbocycles. The van der Waals surface area contributed by atoms with E-state index in [0.29, 0.717) is 23.6 Å². The highest BCUT2D eigenvalue weighted by atomic mass is 19.4. The number of rotatable bonds is 4.